The third kappa shape index (κ3) is 4.87. The fraction of sp³-hybridized carbons (Fsp3) is 0.316. The molecule has 3 N–H and O–H groups in total. The molecule has 4 rings (SSSR count). The van der Waals surface area contributed by atoms with Crippen molar-refractivity contribution in [1.82, 2.24) is 35.4 Å². The van der Waals surface area contributed by atoms with Gasteiger partial charge in [-0.1, -0.05) is 23.0 Å². The molecule has 17 heteroatoms. The molecule has 2 aromatic heterocycles. The van der Waals surface area contributed by atoms with E-state index < -0.39 is 29.2 Å². The number of carbonyl (C=O) groups excluding carboxylic acids is 3. The molecular weight excluding hydrogens is 514 g/mol. The monoisotopic (exact) mass is 533 g/mol. The first-order valence-electron chi connectivity index (χ1n) is 10.2. The van der Waals surface area contributed by atoms with Gasteiger partial charge in [0.05, 0.1) is 0 Å². The third-order valence-corrected chi connectivity index (χ3v) is 7.53. The number of hydrogen-bond donors (Lipinski definition) is 3. The molecule has 0 spiro atoms. The number of thioether (sulfide) groups is 2. The zero-order valence-corrected chi connectivity index (χ0v) is 20.4. The number of tetrazole rings is 1. The summed E-state index contributed by atoms with van der Waals surface area (Å²) in [5.74, 6) is -1.76. The van der Waals surface area contributed by atoms with Gasteiger partial charge < -0.3 is 20.6 Å². The number of hydrogen-bond acceptors (Lipinski definition) is 12. The molecule has 4 heterocycles. The van der Waals surface area contributed by atoms with Gasteiger partial charge in [-0.05, 0) is 28.1 Å². The lowest BCUT2D eigenvalue weighted by molar-refractivity contribution is -0.150. The van der Waals surface area contributed by atoms with Crippen molar-refractivity contribution in [3.63, 3.8) is 0 Å². The first-order valence-corrected chi connectivity index (χ1v) is 12.2. The predicted octanol–water partition coefficient (Wildman–Crippen LogP) is -0.945. The second-order valence-electron chi connectivity index (χ2n) is 7.28. The van der Waals surface area contributed by atoms with Gasteiger partial charge in [0.15, 0.2) is 5.71 Å². The van der Waals surface area contributed by atoms with Crippen molar-refractivity contribution in [2.75, 3.05) is 23.9 Å². The SMILES string of the molecule is CON=C(C(=O)NC1C(=O)N2C(C(=O)O)=C(CSc3nnnn3C)CS[C@H]12)c1cccc(NC=O)n1. The minimum atomic E-state index is -1.24. The molecule has 2 aromatic rings. The summed E-state index contributed by atoms with van der Waals surface area (Å²) in [5.41, 5.74) is 0.310. The lowest BCUT2D eigenvalue weighted by atomic mass is 10.0. The summed E-state index contributed by atoms with van der Waals surface area (Å²) in [5, 5.41) is 29.6. The van der Waals surface area contributed by atoms with Crippen LogP contribution in [0, 0.1) is 0 Å². The molecule has 2 atom stereocenters. The van der Waals surface area contributed by atoms with Crippen LogP contribution in [0.15, 0.2) is 39.8 Å². The highest BCUT2D eigenvalue weighted by atomic mass is 32.2. The molecule has 1 unspecified atom stereocenters. The Morgan fingerprint density at radius 3 is 2.89 bits per heavy atom. The molecule has 188 valence electrons. The van der Waals surface area contributed by atoms with Crippen LogP contribution in [0.1, 0.15) is 5.69 Å². The number of fused-ring (bicyclic) bond motifs is 1. The van der Waals surface area contributed by atoms with E-state index in [0.717, 1.165) is 0 Å². The number of aryl methyl sites for hydroxylation is 1. The van der Waals surface area contributed by atoms with Crippen LogP contribution >= 0.6 is 23.5 Å². The van der Waals surface area contributed by atoms with Crippen LogP contribution in [0.4, 0.5) is 5.82 Å². The number of anilines is 1. The number of rotatable bonds is 10. The van der Waals surface area contributed by atoms with Crippen LogP contribution in [0.25, 0.3) is 0 Å². The molecule has 0 bridgehead atoms. The number of aromatic nitrogens is 5. The fourth-order valence-electron chi connectivity index (χ4n) is 3.50. The van der Waals surface area contributed by atoms with Crippen molar-refractivity contribution >= 4 is 59.2 Å². The van der Waals surface area contributed by atoms with Crippen molar-refractivity contribution in [1.29, 1.82) is 0 Å². The van der Waals surface area contributed by atoms with Gasteiger partial charge in [0.25, 0.3) is 11.8 Å². The van der Waals surface area contributed by atoms with Crippen LogP contribution in [-0.4, -0.2) is 95.1 Å². The molecule has 0 aliphatic carbocycles. The highest BCUT2D eigenvalue weighted by Gasteiger charge is 2.54. The summed E-state index contributed by atoms with van der Waals surface area (Å²) in [6.45, 7) is 0. The van der Waals surface area contributed by atoms with Gasteiger partial charge in [-0.25, -0.2) is 14.5 Å². The standard InChI is InChI=1S/C19H19N9O6S2/c1-27-19(23-25-26-27)36-7-9-6-35-17-13(16(31)28(17)14(9)18(32)33)22-15(30)12(24-34-2)10-4-3-5-11(21-10)20-8-29/h3-5,8,13,17H,6-7H2,1-2H3,(H,22,30)(H,32,33)(H,20,21,29)/t13?,17-/m1/s1. The third-order valence-electron chi connectivity index (χ3n) is 5.09. The van der Waals surface area contributed by atoms with Gasteiger partial charge in [0.2, 0.25) is 11.6 Å². The number of amides is 3. The topological polar surface area (TPSA) is 194 Å². The van der Waals surface area contributed by atoms with Crippen molar-refractivity contribution in [3.05, 3.63) is 35.2 Å². The molecule has 2 aliphatic heterocycles. The number of carboxylic acids is 1. The van der Waals surface area contributed by atoms with Crippen LogP contribution in [0.5, 0.6) is 0 Å². The summed E-state index contributed by atoms with van der Waals surface area (Å²) in [7, 11) is 2.91. The summed E-state index contributed by atoms with van der Waals surface area (Å²) >= 11 is 2.58. The minimum Gasteiger partial charge on any atom is -0.477 e. The number of carboxylic acid groups (broad SMARTS) is 1. The molecule has 3 amide bonds. The first kappa shape index (κ1) is 25.1. The van der Waals surface area contributed by atoms with Crippen LogP contribution in [0.2, 0.25) is 0 Å². The van der Waals surface area contributed by atoms with E-state index in [1.54, 1.807) is 13.1 Å². The van der Waals surface area contributed by atoms with E-state index in [0.29, 0.717) is 22.9 Å². The maximum absolute atomic E-state index is 13.0. The van der Waals surface area contributed by atoms with Crippen molar-refractivity contribution < 1.29 is 29.1 Å². The smallest absolute Gasteiger partial charge is 0.352 e. The molecule has 0 radical (unpaired) electrons. The first-order chi connectivity index (χ1) is 17.3. The van der Waals surface area contributed by atoms with Crippen LogP contribution in [-0.2, 0) is 31.1 Å². The molecule has 1 fully saturated rings. The largest absolute Gasteiger partial charge is 0.477 e. The molecule has 36 heavy (non-hydrogen) atoms. The molecule has 2 aliphatic rings. The summed E-state index contributed by atoms with van der Waals surface area (Å²) < 4.78 is 1.46. The maximum Gasteiger partial charge on any atom is 0.352 e. The molecule has 0 aromatic carbocycles. The lowest BCUT2D eigenvalue weighted by Crippen LogP contribution is -2.71. The average molecular weight is 534 g/mol. The molecule has 0 saturated carbocycles. The Bertz CT molecular complexity index is 1280. The van der Waals surface area contributed by atoms with Gasteiger partial charge in [-0.15, -0.1) is 16.9 Å². The maximum atomic E-state index is 13.0. The zero-order valence-electron chi connectivity index (χ0n) is 18.8. The number of β-lactam (4-membered cyclic amide) rings is 1. The van der Waals surface area contributed by atoms with Gasteiger partial charge >= 0.3 is 5.97 Å². The van der Waals surface area contributed by atoms with E-state index in [2.05, 4.69) is 36.3 Å². The molecule has 15 nitrogen and oxygen atoms in total. The Morgan fingerprint density at radius 1 is 1.42 bits per heavy atom. The Hall–Kier alpha value is -3.99. The second-order valence-corrected chi connectivity index (χ2v) is 9.33. The summed E-state index contributed by atoms with van der Waals surface area (Å²) in [6.07, 6.45) is 0.436. The Balaban J connectivity index is 1.50. The van der Waals surface area contributed by atoms with Gasteiger partial charge in [-0.3, -0.25) is 19.3 Å². The second kappa shape index (κ2) is 10.7. The number of aliphatic carboxylic acids is 1. The number of nitrogens with one attached hydrogen (secondary N) is 2. The number of carbonyl (C=O) groups is 4. The van der Waals surface area contributed by atoms with Crippen molar-refractivity contribution in [2.24, 2.45) is 12.2 Å². The van der Waals surface area contributed by atoms with Gasteiger partial charge in [0.1, 0.15) is 35.7 Å². The number of pyridine rings is 1. The normalized spacial score (nSPS) is 19.3. The average Bonchev–Trinajstić information content (AvgIpc) is 3.28. The van der Waals surface area contributed by atoms with E-state index >= 15 is 0 Å². The van der Waals surface area contributed by atoms with Crippen LogP contribution < -0.4 is 10.6 Å². The lowest BCUT2D eigenvalue weighted by Gasteiger charge is -2.49. The van der Waals surface area contributed by atoms with E-state index in [-0.39, 0.29) is 28.7 Å². The molecule has 1 saturated heterocycles. The van der Waals surface area contributed by atoms with E-state index in [1.807, 2.05) is 0 Å². The Labute approximate surface area is 211 Å². The van der Waals surface area contributed by atoms with Crippen molar-refractivity contribution in [2.45, 2.75) is 16.6 Å². The predicted molar refractivity (Wildman–Crippen MR) is 127 cm³/mol. The van der Waals surface area contributed by atoms with Crippen molar-refractivity contribution in [3.8, 4) is 0 Å². The zero-order chi connectivity index (χ0) is 25.8. The van der Waals surface area contributed by atoms with Crippen LogP contribution in [0.3, 0.4) is 0 Å². The summed E-state index contributed by atoms with van der Waals surface area (Å²) in [6, 6.07) is 3.58. The number of nitrogens with zero attached hydrogens (tertiary/aromatic N) is 7. The van der Waals surface area contributed by atoms with Gasteiger partial charge in [0, 0.05) is 18.6 Å². The Morgan fingerprint density at radius 2 is 2.22 bits per heavy atom. The minimum absolute atomic E-state index is 0.102. The van der Waals surface area contributed by atoms with E-state index in [1.165, 1.54) is 52.3 Å². The van der Waals surface area contributed by atoms with Gasteiger partial charge in [-0.2, -0.15) is 0 Å². The number of oxime groups is 1. The van der Waals surface area contributed by atoms with E-state index in [4.69, 9.17) is 4.84 Å². The quantitative estimate of drug-likeness (QED) is 0.112. The molecular formula is C19H19N9O6S2. The highest BCUT2D eigenvalue weighted by Crippen LogP contribution is 2.41. The highest BCUT2D eigenvalue weighted by molar-refractivity contribution is 8.01. The van der Waals surface area contributed by atoms with E-state index in [9.17, 15) is 24.3 Å². The summed E-state index contributed by atoms with van der Waals surface area (Å²) in [4.78, 5) is 58.8. The fourth-order valence-corrected chi connectivity index (χ4v) is 5.84. The Kier molecular flexibility index (Phi) is 7.49.